The number of anilines is 1. The Labute approximate surface area is 161 Å². The van der Waals surface area contributed by atoms with Crippen LogP contribution in [-0.4, -0.2) is 57.8 Å². The Morgan fingerprint density at radius 3 is 2.39 bits per heavy atom. The monoisotopic (exact) mass is 393 g/mol. The van der Waals surface area contributed by atoms with E-state index in [-0.39, 0.29) is 34.8 Å². The van der Waals surface area contributed by atoms with Crippen molar-refractivity contribution in [1.29, 1.82) is 0 Å². The molecule has 1 aliphatic heterocycles. The molecular weight excluding hydrogens is 369 g/mol. The highest BCUT2D eigenvalue weighted by Gasteiger charge is 2.36. The molecule has 2 aromatic rings. The first-order valence-electron chi connectivity index (χ1n) is 9.06. The number of amides is 1. The SMILES string of the molecule is C[C@H]1CN(C(=O)OC(C)(C)C)C[C@H](C)N1c1nc2c(C(=O)O)ccc(F)c2o1. The number of nitrogens with zero attached hydrogens (tertiary/aromatic N) is 3. The molecule has 1 amide bonds. The number of carbonyl (C=O) groups is 2. The minimum Gasteiger partial charge on any atom is -0.478 e. The zero-order valence-corrected chi connectivity index (χ0v) is 16.5. The molecule has 0 spiro atoms. The first kappa shape index (κ1) is 19.9. The van der Waals surface area contributed by atoms with Crippen molar-refractivity contribution in [3.8, 4) is 0 Å². The number of hydrogen-bond donors (Lipinski definition) is 1. The fourth-order valence-corrected chi connectivity index (χ4v) is 3.42. The van der Waals surface area contributed by atoms with Crippen LogP contribution in [0.4, 0.5) is 15.2 Å². The Balaban J connectivity index is 1.89. The number of rotatable bonds is 2. The number of benzene rings is 1. The molecule has 8 nitrogen and oxygen atoms in total. The van der Waals surface area contributed by atoms with E-state index in [4.69, 9.17) is 9.15 Å². The number of carboxylic acid groups (broad SMARTS) is 1. The lowest BCUT2D eigenvalue weighted by molar-refractivity contribution is 0.0189. The summed E-state index contributed by atoms with van der Waals surface area (Å²) in [6.07, 6.45) is -0.400. The maximum atomic E-state index is 14.1. The quantitative estimate of drug-likeness (QED) is 0.834. The lowest BCUT2D eigenvalue weighted by Gasteiger charge is -2.43. The molecule has 0 saturated carbocycles. The summed E-state index contributed by atoms with van der Waals surface area (Å²) in [5, 5.41) is 9.31. The standard InChI is InChI=1S/C19H24FN3O5/c1-10-8-22(18(26)28-19(3,4)5)9-11(2)23(10)17-21-14-12(16(24)25)6-7-13(20)15(14)27-17/h6-7,10-11H,8-9H2,1-5H3,(H,24,25)/t10-,11-/m0/s1. The highest BCUT2D eigenvalue weighted by Crippen LogP contribution is 2.31. The summed E-state index contributed by atoms with van der Waals surface area (Å²) >= 11 is 0. The van der Waals surface area contributed by atoms with E-state index in [0.717, 1.165) is 6.07 Å². The number of carboxylic acids is 1. The first-order chi connectivity index (χ1) is 13.0. The second-order valence-electron chi connectivity index (χ2n) is 8.06. The van der Waals surface area contributed by atoms with E-state index in [2.05, 4.69) is 4.98 Å². The van der Waals surface area contributed by atoms with Gasteiger partial charge in [0.1, 0.15) is 11.1 Å². The zero-order chi connectivity index (χ0) is 20.8. The summed E-state index contributed by atoms with van der Waals surface area (Å²) in [4.78, 5) is 31.5. The molecule has 0 bridgehead atoms. The Kier molecular flexibility index (Phi) is 4.95. The smallest absolute Gasteiger partial charge is 0.410 e. The molecule has 0 radical (unpaired) electrons. The van der Waals surface area contributed by atoms with Crippen LogP contribution >= 0.6 is 0 Å². The lowest BCUT2D eigenvalue weighted by atomic mass is 10.1. The van der Waals surface area contributed by atoms with Crippen molar-refractivity contribution in [2.24, 2.45) is 0 Å². The van der Waals surface area contributed by atoms with Crippen molar-refractivity contribution in [2.75, 3.05) is 18.0 Å². The second kappa shape index (κ2) is 6.96. The largest absolute Gasteiger partial charge is 0.478 e. The van der Waals surface area contributed by atoms with E-state index in [0.29, 0.717) is 13.1 Å². The van der Waals surface area contributed by atoms with Gasteiger partial charge in [-0.3, -0.25) is 0 Å². The fourth-order valence-electron chi connectivity index (χ4n) is 3.42. The summed E-state index contributed by atoms with van der Waals surface area (Å²) in [6.45, 7) is 9.92. The lowest BCUT2D eigenvalue weighted by Crippen LogP contribution is -2.59. The van der Waals surface area contributed by atoms with Gasteiger partial charge in [-0.05, 0) is 46.8 Å². The van der Waals surface area contributed by atoms with E-state index in [1.165, 1.54) is 6.07 Å². The molecule has 3 rings (SSSR count). The van der Waals surface area contributed by atoms with Gasteiger partial charge in [-0.15, -0.1) is 0 Å². The summed E-state index contributed by atoms with van der Waals surface area (Å²) < 4.78 is 25.1. The van der Waals surface area contributed by atoms with Crippen molar-refractivity contribution < 1.29 is 28.2 Å². The third-order valence-corrected chi connectivity index (χ3v) is 4.51. The molecule has 0 aliphatic carbocycles. The maximum absolute atomic E-state index is 14.1. The number of ether oxygens (including phenoxy) is 1. The van der Waals surface area contributed by atoms with Crippen molar-refractivity contribution in [2.45, 2.75) is 52.3 Å². The van der Waals surface area contributed by atoms with Gasteiger partial charge in [0, 0.05) is 25.2 Å². The van der Waals surface area contributed by atoms with Crippen LogP contribution in [0.3, 0.4) is 0 Å². The van der Waals surface area contributed by atoms with Gasteiger partial charge in [-0.25, -0.2) is 14.0 Å². The Bertz CT molecular complexity index is 908. The summed E-state index contributed by atoms with van der Waals surface area (Å²) in [7, 11) is 0. The van der Waals surface area contributed by atoms with Crippen molar-refractivity contribution in [3.05, 3.63) is 23.5 Å². The van der Waals surface area contributed by atoms with E-state index in [1.807, 2.05) is 18.7 Å². The number of aromatic carboxylic acids is 1. The van der Waals surface area contributed by atoms with Crippen molar-refractivity contribution in [3.63, 3.8) is 0 Å². The van der Waals surface area contributed by atoms with Gasteiger partial charge in [-0.2, -0.15) is 4.98 Å². The Hall–Kier alpha value is -2.84. The topological polar surface area (TPSA) is 96.1 Å². The molecule has 152 valence electrons. The summed E-state index contributed by atoms with van der Waals surface area (Å²) in [6, 6.07) is 1.96. The molecule has 2 atom stereocenters. The van der Waals surface area contributed by atoms with Gasteiger partial charge >= 0.3 is 12.1 Å². The van der Waals surface area contributed by atoms with Gasteiger partial charge in [0.25, 0.3) is 6.01 Å². The van der Waals surface area contributed by atoms with Gasteiger partial charge in [0.2, 0.25) is 0 Å². The average Bonchev–Trinajstić information content (AvgIpc) is 2.98. The molecule has 1 aliphatic rings. The van der Waals surface area contributed by atoms with Crippen LogP contribution < -0.4 is 4.90 Å². The number of carbonyl (C=O) groups excluding carboxylic acids is 1. The van der Waals surface area contributed by atoms with Crippen molar-refractivity contribution in [1.82, 2.24) is 9.88 Å². The number of fused-ring (bicyclic) bond motifs is 1. The highest BCUT2D eigenvalue weighted by atomic mass is 19.1. The number of oxazole rings is 1. The first-order valence-corrected chi connectivity index (χ1v) is 9.06. The van der Waals surface area contributed by atoms with Crippen LogP contribution in [0.1, 0.15) is 45.0 Å². The van der Waals surface area contributed by atoms with E-state index < -0.39 is 23.5 Å². The van der Waals surface area contributed by atoms with Gasteiger partial charge in [0.15, 0.2) is 11.4 Å². The van der Waals surface area contributed by atoms with Gasteiger partial charge in [0.05, 0.1) is 5.56 Å². The molecule has 1 saturated heterocycles. The predicted octanol–water partition coefficient (Wildman–Crippen LogP) is 3.50. The minimum absolute atomic E-state index is 0.0310. The third-order valence-electron chi connectivity index (χ3n) is 4.51. The van der Waals surface area contributed by atoms with Crippen LogP contribution in [0.5, 0.6) is 0 Å². The van der Waals surface area contributed by atoms with Crippen molar-refractivity contribution >= 4 is 29.2 Å². The molecule has 1 fully saturated rings. The number of piperazine rings is 1. The molecule has 9 heteroatoms. The van der Waals surface area contributed by atoms with Crippen LogP contribution in [0.25, 0.3) is 11.1 Å². The second-order valence-corrected chi connectivity index (χ2v) is 8.06. The van der Waals surface area contributed by atoms with E-state index in [1.54, 1.807) is 25.7 Å². The number of halogens is 1. The molecule has 2 heterocycles. The van der Waals surface area contributed by atoms with Crippen LogP contribution in [0.15, 0.2) is 16.5 Å². The van der Waals surface area contributed by atoms with E-state index in [9.17, 15) is 19.1 Å². The molecule has 1 N–H and O–H groups in total. The predicted molar refractivity (Wildman–Crippen MR) is 100 cm³/mol. The fraction of sp³-hybridized carbons (Fsp3) is 0.526. The zero-order valence-electron chi connectivity index (χ0n) is 16.5. The normalized spacial score (nSPS) is 20.5. The van der Waals surface area contributed by atoms with Crippen LogP contribution in [0, 0.1) is 5.82 Å². The number of aromatic nitrogens is 1. The molecule has 28 heavy (non-hydrogen) atoms. The van der Waals surface area contributed by atoms with Crippen LogP contribution in [-0.2, 0) is 4.74 Å². The Morgan fingerprint density at radius 2 is 1.86 bits per heavy atom. The number of hydrogen-bond acceptors (Lipinski definition) is 6. The summed E-state index contributed by atoms with van der Waals surface area (Å²) in [5.74, 6) is -1.88. The van der Waals surface area contributed by atoms with Gasteiger partial charge < -0.3 is 24.1 Å². The minimum atomic E-state index is -1.21. The Morgan fingerprint density at radius 1 is 1.25 bits per heavy atom. The van der Waals surface area contributed by atoms with Gasteiger partial charge in [-0.1, -0.05) is 0 Å². The molecular formula is C19H24FN3O5. The van der Waals surface area contributed by atoms with Crippen LogP contribution in [0.2, 0.25) is 0 Å². The average molecular weight is 393 g/mol. The molecule has 0 unspecified atom stereocenters. The summed E-state index contributed by atoms with van der Waals surface area (Å²) in [5.41, 5.74) is -0.939. The third kappa shape index (κ3) is 3.74. The van der Waals surface area contributed by atoms with E-state index >= 15 is 0 Å². The highest BCUT2D eigenvalue weighted by molar-refractivity contribution is 6.00. The molecule has 1 aromatic carbocycles. The maximum Gasteiger partial charge on any atom is 0.410 e. The molecule has 1 aromatic heterocycles.